The quantitative estimate of drug-likeness (QED) is 0.264. The molecule has 0 fully saturated rings. The predicted molar refractivity (Wildman–Crippen MR) is 136 cm³/mol. The Morgan fingerprint density at radius 1 is 0.414 bits per heavy atom. The molecule has 0 rings (SSSR count). The minimum Gasteiger partial charge on any atom is -0.381 e. The van der Waals surface area contributed by atoms with Gasteiger partial charge in [-0.3, -0.25) is 0 Å². The van der Waals surface area contributed by atoms with Crippen LogP contribution in [-0.4, -0.2) is 26.4 Å². The largest absolute Gasteiger partial charge is 0.381 e. The van der Waals surface area contributed by atoms with E-state index in [9.17, 15) is 0 Å². The Kier molecular flexibility index (Phi) is 24.9. The third kappa shape index (κ3) is 18.4. The van der Waals surface area contributed by atoms with E-state index in [1.165, 1.54) is 12.8 Å². The number of rotatable bonds is 15. The van der Waals surface area contributed by atoms with Crippen LogP contribution >= 0.6 is 0 Å². The normalized spacial score (nSPS) is 14.6. The van der Waals surface area contributed by atoms with Crippen molar-refractivity contribution in [2.75, 3.05) is 26.4 Å². The third-order valence-corrected chi connectivity index (χ3v) is 5.70. The van der Waals surface area contributed by atoms with Crippen LogP contribution in [0.1, 0.15) is 104 Å². The van der Waals surface area contributed by atoms with Gasteiger partial charge in [-0.25, -0.2) is 0 Å². The van der Waals surface area contributed by atoms with Gasteiger partial charge in [0, 0.05) is 19.1 Å². The van der Waals surface area contributed by atoms with Crippen LogP contribution in [0.5, 0.6) is 0 Å². The minimum absolute atomic E-state index is 0. The van der Waals surface area contributed by atoms with E-state index >= 15 is 0 Å². The molecule has 2 nitrogen and oxygen atoms in total. The molecule has 3 atom stereocenters. The van der Waals surface area contributed by atoms with Gasteiger partial charge in [0.1, 0.15) is 0 Å². The van der Waals surface area contributed by atoms with Gasteiger partial charge in [0.05, 0.1) is 13.2 Å². The van der Waals surface area contributed by atoms with Crippen molar-refractivity contribution in [2.24, 2.45) is 47.3 Å². The van der Waals surface area contributed by atoms with E-state index in [4.69, 9.17) is 9.47 Å². The van der Waals surface area contributed by atoms with Crippen LogP contribution in [-0.2, 0) is 9.47 Å². The molecule has 0 aromatic rings. The molecule has 0 N–H and O–H groups in total. The first-order chi connectivity index (χ1) is 12.0. The highest BCUT2D eigenvalue weighted by molar-refractivity contribution is 4.68. The molecule has 29 heavy (non-hydrogen) atoms. The van der Waals surface area contributed by atoms with Crippen molar-refractivity contribution >= 4 is 0 Å². The summed E-state index contributed by atoms with van der Waals surface area (Å²) >= 11 is 0. The van der Waals surface area contributed by atoms with E-state index in [-0.39, 0.29) is 22.3 Å². The molecule has 0 saturated carbocycles. The molecule has 1 unspecified atom stereocenters. The summed E-state index contributed by atoms with van der Waals surface area (Å²) in [6, 6.07) is 0. The molecule has 0 amide bonds. The second-order valence-electron chi connectivity index (χ2n) is 10.3. The van der Waals surface area contributed by atoms with Crippen LogP contribution in [0.3, 0.4) is 0 Å². The van der Waals surface area contributed by atoms with E-state index in [0.29, 0.717) is 35.5 Å². The lowest BCUT2D eigenvalue weighted by Crippen LogP contribution is -2.27. The second-order valence-corrected chi connectivity index (χ2v) is 10.3. The number of hydrogen-bond donors (Lipinski definition) is 0. The van der Waals surface area contributed by atoms with Crippen LogP contribution in [0.15, 0.2) is 0 Å². The summed E-state index contributed by atoms with van der Waals surface area (Å²) in [5.41, 5.74) is 0. The van der Waals surface area contributed by atoms with E-state index < -0.39 is 0 Å². The maximum atomic E-state index is 6.17. The molecule has 0 saturated heterocycles. The van der Waals surface area contributed by atoms with Gasteiger partial charge in [0.15, 0.2) is 0 Å². The Balaban J connectivity index is -0.00000104. The summed E-state index contributed by atoms with van der Waals surface area (Å²) in [4.78, 5) is 0. The minimum atomic E-state index is 0. The molecule has 2 heteroatoms. The fourth-order valence-electron chi connectivity index (χ4n) is 3.45. The smallest absolute Gasteiger partial charge is 0.0518 e. The van der Waals surface area contributed by atoms with Gasteiger partial charge >= 0.3 is 0 Å². The summed E-state index contributed by atoms with van der Waals surface area (Å²) in [5, 5.41) is 0. The Labute approximate surface area is 187 Å². The molecule has 0 bridgehead atoms. The summed E-state index contributed by atoms with van der Waals surface area (Å²) in [5.74, 6) is 5.28. The van der Waals surface area contributed by atoms with Crippen molar-refractivity contribution in [2.45, 2.75) is 104 Å². The van der Waals surface area contributed by atoms with Crippen LogP contribution in [0.25, 0.3) is 0 Å². The van der Waals surface area contributed by atoms with Crippen molar-refractivity contribution < 1.29 is 9.47 Å². The molecule has 0 aromatic heterocycles. The summed E-state index contributed by atoms with van der Waals surface area (Å²) in [6.45, 7) is 26.5. The van der Waals surface area contributed by atoms with E-state index in [1.54, 1.807) is 0 Å². The van der Waals surface area contributed by atoms with Gasteiger partial charge in [-0.1, -0.05) is 91.5 Å². The standard InChI is InChI=1S/C24H50O2.3CH4/c1-17(2)11-22(19(5)6)13-25-15-24(21(9)10)16-26-14-23(20(7)8)12-18(3)4;;;/h17-24H,11-16H2,1-10H3;3*1H4/t22-,23+,24?;;;. The third-order valence-electron chi connectivity index (χ3n) is 5.70. The van der Waals surface area contributed by atoms with Crippen molar-refractivity contribution in [3.8, 4) is 0 Å². The zero-order valence-corrected chi connectivity index (χ0v) is 19.7. The highest BCUT2D eigenvalue weighted by Crippen LogP contribution is 2.23. The van der Waals surface area contributed by atoms with Crippen molar-refractivity contribution in [1.29, 1.82) is 0 Å². The highest BCUT2D eigenvalue weighted by atomic mass is 16.5. The Morgan fingerprint density at radius 3 is 0.862 bits per heavy atom. The zero-order chi connectivity index (χ0) is 20.3. The lowest BCUT2D eigenvalue weighted by molar-refractivity contribution is -0.0101. The van der Waals surface area contributed by atoms with Crippen LogP contribution in [0, 0.1) is 47.3 Å². The lowest BCUT2D eigenvalue weighted by Gasteiger charge is -2.27. The first-order valence-electron chi connectivity index (χ1n) is 11.2. The first-order valence-corrected chi connectivity index (χ1v) is 11.2. The Bertz CT molecular complexity index is 292. The average molecular weight is 419 g/mol. The summed E-state index contributed by atoms with van der Waals surface area (Å²) < 4.78 is 12.3. The predicted octanol–water partition coefficient (Wildman–Crippen LogP) is 8.84. The number of ether oxygens (including phenoxy) is 2. The molecule has 0 spiro atoms. The SMILES string of the molecule is C.C.C.CC(C)C[C@@H](COCC(COC[C@@H](CC(C)C)C(C)C)C(C)C)C(C)C. The lowest BCUT2D eigenvalue weighted by atomic mass is 9.88. The van der Waals surface area contributed by atoms with Gasteiger partial charge in [-0.2, -0.15) is 0 Å². The van der Waals surface area contributed by atoms with Crippen molar-refractivity contribution in [3.63, 3.8) is 0 Å². The fourth-order valence-corrected chi connectivity index (χ4v) is 3.45. The zero-order valence-electron chi connectivity index (χ0n) is 19.7. The fraction of sp³-hybridized carbons (Fsp3) is 1.00. The van der Waals surface area contributed by atoms with Crippen LogP contribution in [0.2, 0.25) is 0 Å². The van der Waals surface area contributed by atoms with Crippen LogP contribution in [0.4, 0.5) is 0 Å². The molecular weight excluding hydrogens is 356 g/mol. The van der Waals surface area contributed by atoms with Gasteiger partial charge in [0.2, 0.25) is 0 Å². The van der Waals surface area contributed by atoms with Gasteiger partial charge in [-0.05, 0) is 54.3 Å². The molecular formula is C27H62O2. The van der Waals surface area contributed by atoms with Crippen molar-refractivity contribution in [1.82, 2.24) is 0 Å². The summed E-state index contributed by atoms with van der Waals surface area (Å²) in [6.07, 6.45) is 2.51. The van der Waals surface area contributed by atoms with Gasteiger partial charge in [-0.15, -0.1) is 0 Å². The Morgan fingerprint density at radius 2 is 0.655 bits per heavy atom. The van der Waals surface area contributed by atoms with Crippen molar-refractivity contribution in [3.05, 3.63) is 0 Å². The molecule has 0 aliphatic heterocycles. The van der Waals surface area contributed by atoms with E-state index in [2.05, 4.69) is 69.2 Å². The molecule has 0 aliphatic carbocycles. The first kappa shape index (κ1) is 36.3. The summed E-state index contributed by atoms with van der Waals surface area (Å²) in [7, 11) is 0. The molecule has 182 valence electrons. The Hall–Kier alpha value is -0.0800. The molecule has 0 aromatic carbocycles. The molecule has 0 heterocycles. The van der Waals surface area contributed by atoms with Gasteiger partial charge < -0.3 is 9.47 Å². The maximum Gasteiger partial charge on any atom is 0.0518 e. The molecule has 0 radical (unpaired) electrons. The topological polar surface area (TPSA) is 18.5 Å². The van der Waals surface area contributed by atoms with E-state index in [0.717, 1.165) is 38.3 Å². The maximum absolute atomic E-state index is 6.17. The monoisotopic (exact) mass is 418 g/mol. The van der Waals surface area contributed by atoms with Crippen LogP contribution < -0.4 is 0 Å². The average Bonchev–Trinajstić information content (AvgIpc) is 2.49. The van der Waals surface area contributed by atoms with E-state index in [1.807, 2.05) is 0 Å². The molecule has 0 aliphatic rings. The number of hydrogen-bond acceptors (Lipinski definition) is 2. The second kappa shape index (κ2) is 19.9. The highest BCUT2D eigenvalue weighted by Gasteiger charge is 2.20. The van der Waals surface area contributed by atoms with Gasteiger partial charge in [0.25, 0.3) is 0 Å².